The molecule has 1 aromatic heterocycles. The number of alkyl halides is 2. The van der Waals surface area contributed by atoms with Gasteiger partial charge in [-0.15, -0.1) is 0 Å². The summed E-state index contributed by atoms with van der Waals surface area (Å²) in [5, 5.41) is 3.98. The van der Waals surface area contributed by atoms with Crippen molar-refractivity contribution in [3.8, 4) is 11.5 Å². The SMILES string of the molecule is COc1cc(C(=O)/C=C\c2cnn(C)c2)ccc1OC(F)F. The van der Waals surface area contributed by atoms with E-state index in [0.717, 1.165) is 5.56 Å². The van der Waals surface area contributed by atoms with Crippen molar-refractivity contribution in [1.82, 2.24) is 9.78 Å². The molecule has 7 heteroatoms. The highest BCUT2D eigenvalue weighted by atomic mass is 19.3. The van der Waals surface area contributed by atoms with Gasteiger partial charge in [-0.1, -0.05) is 0 Å². The van der Waals surface area contributed by atoms with Gasteiger partial charge in [-0.05, 0) is 30.4 Å². The Balaban J connectivity index is 2.17. The number of benzene rings is 1. The number of aromatic nitrogens is 2. The van der Waals surface area contributed by atoms with Gasteiger partial charge in [-0.3, -0.25) is 9.48 Å². The molecule has 0 unspecified atom stereocenters. The maximum absolute atomic E-state index is 12.2. The van der Waals surface area contributed by atoms with Crippen molar-refractivity contribution in [2.75, 3.05) is 7.11 Å². The van der Waals surface area contributed by atoms with E-state index in [1.165, 1.54) is 31.4 Å². The van der Waals surface area contributed by atoms with Crippen LogP contribution < -0.4 is 9.47 Å². The number of ketones is 1. The lowest BCUT2D eigenvalue weighted by atomic mass is 10.1. The first-order chi connectivity index (χ1) is 10.5. The Morgan fingerprint density at radius 2 is 2.14 bits per heavy atom. The Bertz CT molecular complexity index is 696. The topological polar surface area (TPSA) is 53.3 Å². The van der Waals surface area contributed by atoms with Crippen LogP contribution in [-0.2, 0) is 7.05 Å². The summed E-state index contributed by atoms with van der Waals surface area (Å²) in [6, 6.07) is 4.03. The molecule has 0 saturated carbocycles. The second-order valence-electron chi connectivity index (χ2n) is 4.39. The standard InChI is InChI=1S/C15H14F2N2O3/c1-19-9-10(8-18-19)3-5-12(20)11-4-6-13(22-15(16)17)14(7-11)21-2/h3-9,15H,1-2H3/b5-3-. The van der Waals surface area contributed by atoms with Crippen molar-refractivity contribution < 1.29 is 23.0 Å². The van der Waals surface area contributed by atoms with Crippen LogP contribution >= 0.6 is 0 Å². The van der Waals surface area contributed by atoms with Crippen LogP contribution in [0.1, 0.15) is 15.9 Å². The van der Waals surface area contributed by atoms with Crippen LogP contribution in [0.3, 0.4) is 0 Å². The minimum absolute atomic E-state index is 0.0703. The van der Waals surface area contributed by atoms with E-state index >= 15 is 0 Å². The molecular formula is C15H14F2N2O3. The van der Waals surface area contributed by atoms with Crippen molar-refractivity contribution in [2.45, 2.75) is 6.61 Å². The molecule has 0 saturated heterocycles. The van der Waals surface area contributed by atoms with Gasteiger partial charge in [0.2, 0.25) is 0 Å². The fraction of sp³-hybridized carbons (Fsp3) is 0.200. The predicted molar refractivity (Wildman–Crippen MR) is 76.2 cm³/mol. The third kappa shape index (κ3) is 3.91. The fourth-order valence-electron chi connectivity index (χ4n) is 1.81. The fourth-order valence-corrected chi connectivity index (χ4v) is 1.81. The number of carbonyl (C=O) groups is 1. The Morgan fingerprint density at radius 1 is 1.36 bits per heavy atom. The largest absolute Gasteiger partial charge is 0.493 e. The van der Waals surface area contributed by atoms with Crippen LogP contribution in [0.5, 0.6) is 11.5 Å². The highest BCUT2D eigenvalue weighted by Gasteiger charge is 2.13. The smallest absolute Gasteiger partial charge is 0.387 e. The number of aryl methyl sites for hydroxylation is 1. The Hall–Kier alpha value is -2.70. The van der Waals surface area contributed by atoms with Crippen molar-refractivity contribution in [2.24, 2.45) is 7.05 Å². The first-order valence-electron chi connectivity index (χ1n) is 6.33. The highest BCUT2D eigenvalue weighted by molar-refractivity contribution is 6.07. The summed E-state index contributed by atoms with van der Waals surface area (Å²) in [7, 11) is 3.08. The van der Waals surface area contributed by atoms with Crippen molar-refractivity contribution >= 4 is 11.9 Å². The molecule has 0 N–H and O–H groups in total. The van der Waals surface area contributed by atoms with Crippen LogP contribution in [0, 0.1) is 0 Å². The van der Waals surface area contributed by atoms with E-state index in [4.69, 9.17) is 4.74 Å². The molecule has 22 heavy (non-hydrogen) atoms. The highest BCUT2D eigenvalue weighted by Crippen LogP contribution is 2.29. The van der Waals surface area contributed by atoms with Crippen LogP contribution in [0.25, 0.3) is 6.08 Å². The zero-order valence-electron chi connectivity index (χ0n) is 12.0. The van der Waals surface area contributed by atoms with Gasteiger partial charge in [0, 0.05) is 24.4 Å². The normalized spacial score (nSPS) is 11.1. The van der Waals surface area contributed by atoms with Gasteiger partial charge in [0.25, 0.3) is 0 Å². The monoisotopic (exact) mass is 308 g/mol. The number of nitrogens with zero attached hydrogens (tertiary/aromatic N) is 2. The van der Waals surface area contributed by atoms with Gasteiger partial charge < -0.3 is 9.47 Å². The molecule has 2 rings (SSSR count). The number of ether oxygens (including phenoxy) is 2. The summed E-state index contributed by atoms with van der Waals surface area (Å²) >= 11 is 0. The maximum atomic E-state index is 12.2. The summed E-state index contributed by atoms with van der Waals surface area (Å²) in [6.07, 6.45) is 6.36. The molecule has 0 amide bonds. The number of carbonyl (C=O) groups excluding carboxylic acids is 1. The van der Waals surface area contributed by atoms with E-state index in [1.807, 2.05) is 0 Å². The number of hydrogen-bond acceptors (Lipinski definition) is 4. The van der Waals surface area contributed by atoms with E-state index in [2.05, 4.69) is 9.84 Å². The quantitative estimate of drug-likeness (QED) is 0.608. The molecule has 2 aromatic rings. The second-order valence-corrected chi connectivity index (χ2v) is 4.39. The van der Waals surface area contributed by atoms with E-state index in [0.29, 0.717) is 5.56 Å². The number of methoxy groups -OCH3 is 1. The molecule has 0 radical (unpaired) electrons. The van der Waals surface area contributed by atoms with Crippen molar-refractivity contribution in [3.05, 3.63) is 47.8 Å². The second kappa shape index (κ2) is 6.84. The molecule has 5 nitrogen and oxygen atoms in total. The number of allylic oxidation sites excluding steroid dienone is 1. The van der Waals surface area contributed by atoms with Crippen molar-refractivity contribution in [1.29, 1.82) is 0 Å². The van der Waals surface area contributed by atoms with Gasteiger partial charge in [-0.2, -0.15) is 13.9 Å². The summed E-state index contributed by atoms with van der Waals surface area (Å²) < 4.78 is 35.4. The zero-order chi connectivity index (χ0) is 16.1. The van der Waals surface area contributed by atoms with Crippen molar-refractivity contribution in [3.63, 3.8) is 0 Å². The molecule has 0 spiro atoms. The van der Waals surface area contributed by atoms with Gasteiger partial charge in [-0.25, -0.2) is 0 Å². The Labute approximate surface area is 125 Å². The third-order valence-corrected chi connectivity index (χ3v) is 2.82. The Kier molecular flexibility index (Phi) is 4.88. The van der Waals surface area contributed by atoms with Crippen LogP contribution in [0.4, 0.5) is 8.78 Å². The predicted octanol–water partition coefficient (Wildman–Crippen LogP) is 2.93. The van der Waals surface area contributed by atoms with Gasteiger partial charge in [0.15, 0.2) is 17.3 Å². The van der Waals surface area contributed by atoms with Gasteiger partial charge >= 0.3 is 6.61 Å². The third-order valence-electron chi connectivity index (χ3n) is 2.82. The lowest BCUT2D eigenvalue weighted by molar-refractivity contribution is -0.0512. The molecule has 0 aliphatic heterocycles. The molecule has 0 fully saturated rings. The van der Waals surface area contributed by atoms with Crippen LogP contribution in [-0.4, -0.2) is 29.3 Å². The average molecular weight is 308 g/mol. The first-order valence-corrected chi connectivity index (χ1v) is 6.33. The van der Waals surface area contributed by atoms with E-state index in [1.54, 1.807) is 30.2 Å². The molecular weight excluding hydrogens is 294 g/mol. The first kappa shape index (κ1) is 15.7. The summed E-state index contributed by atoms with van der Waals surface area (Å²) in [4.78, 5) is 12.1. The van der Waals surface area contributed by atoms with E-state index in [9.17, 15) is 13.6 Å². The minimum Gasteiger partial charge on any atom is -0.493 e. The lowest BCUT2D eigenvalue weighted by Gasteiger charge is -2.10. The molecule has 116 valence electrons. The molecule has 1 heterocycles. The molecule has 0 aliphatic rings. The molecule has 0 atom stereocenters. The van der Waals surface area contributed by atoms with E-state index < -0.39 is 6.61 Å². The number of halogens is 2. The summed E-state index contributed by atoms with van der Waals surface area (Å²) in [5.74, 6) is -0.336. The zero-order valence-corrected chi connectivity index (χ0v) is 12.0. The van der Waals surface area contributed by atoms with Gasteiger partial charge in [0.1, 0.15) is 0 Å². The number of hydrogen-bond donors (Lipinski definition) is 0. The maximum Gasteiger partial charge on any atom is 0.387 e. The molecule has 0 aliphatic carbocycles. The Morgan fingerprint density at radius 3 is 2.73 bits per heavy atom. The lowest BCUT2D eigenvalue weighted by Crippen LogP contribution is -2.04. The van der Waals surface area contributed by atoms with Crippen LogP contribution in [0.15, 0.2) is 36.7 Å². The van der Waals surface area contributed by atoms with E-state index in [-0.39, 0.29) is 17.3 Å². The average Bonchev–Trinajstić information content (AvgIpc) is 2.90. The minimum atomic E-state index is -2.96. The summed E-state index contributed by atoms with van der Waals surface area (Å²) in [5.41, 5.74) is 1.08. The molecule has 1 aromatic carbocycles. The van der Waals surface area contributed by atoms with Crippen LogP contribution in [0.2, 0.25) is 0 Å². The molecule has 0 bridgehead atoms. The number of rotatable bonds is 6. The summed E-state index contributed by atoms with van der Waals surface area (Å²) in [6.45, 7) is -2.96. The van der Waals surface area contributed by atoms with Gasteiger partial charge in [0.05, 0.1) is 13.3 Å².